The number of nitrogens with zero attached hydrogens (tertiary/aromatic N) is 4. The third kappa shape index (κ3) is 4.11. The number of hydrogen-bond acceptors (Lipinski definition) is 7. The molecular weight excluding hydrogens is 378 g/mol. The topological polar surface area (TPSA) is 89.3 Å². The van der Waals surface area contributed by atoms with Crippen LogP contribution in [0.25, 0.3) is 10.8 Å². The van der Waals surface area contributed by atoms with E-state index in [0.717, 1.165) is 43.9 Å². The summed E-state index contributed by atoms with van der Waals surface area (Å²) >= 11 is 1.38. The Morgan fingerprint density at radius 1 is 1.25 bits per heavy atom. The number of fused-ring (bicyclic) bond motifs is 1. The molecule has 0 spiro atoms. The first-order valence-electron chi connectivity index (χ1n) is 9.11. The Bertz CT molecular complexity index is 1060. The lowest BCUT2D eigenvalue weighted by Crippen LogP contribution is -2.35. The lowest BCUT2D eigenvalue weighted by Gasteiger charge is -2.25. The molecule has 1 aliphatic heterocycles. The fourth-order valence-corrected chi connectivity index (χ4v) is 3.95. The maximum atomic E-state index is 12.6. The van der Waals surface area contributed by atoms with Crippen molar-refractivity contribution in [2.24, 2.45) is 0 Å². The summed E-state index contributed by atoms with van der Waals surface area (Å²) in [6.45, 7) is 5.66. The minimum Gasteiger partial charge on any atom is -0.379 e. The molecule has 1 saturated heterocycles. The highest BCUT2D eigenvalue weighted by atomic mass is 32.1. The first kappa shape index (κ1) is 18.7. The summed E-state index contributed by atoms with van der Waals surface area (Å²) in [7, 11) is 0. The van der Waals surface area contributed by atoms with Crippen LogP contribution in [0, 0.1) is 6.92 Å². The van der Waals surface area contributed by atoms with Crippen molar-refractivity contribution in [1.29, 1.82) is 0 Å². The van der Waals surface area contributed by atoms with Gasteiger partial charge in [-0.1, -0.05) is 18.2 Å². The molecule has 0 aliphatic carbocycles. The van der Waals surface area contributed by atoms with Gasteiger partial charge in [-0.15, -0.1) is 11.3 Å². The Labute approximate surface area is 165 Å². The number of aromatic nitrogens is 3. The Balaban J connectivity index is 1.43. The van der Waals surface area contributed by atoms with Gasteiger partial charge in [-0.3, -0.25) is 14.5 Å². The summed E-state index contributed by atoms with van der Waals surface area (Å²) in [6, 6.07) is 7.28. The van der Waals surface area contributed by atoms with E-state index in [1.54, 1.807) is 12.1 Å². The van der Waals surface area contributed by atoms with Crippen LogP contribution in [0.15, 0.2) is 34.4 Å². The second kappa shape index (κ2) is 8.17. The molecule has 3 heterocycles. The molecule has 1 aliphatic rings. The standard InChI is InChI=1S/C19H21N5O3S/c1-13-15-4-2-3-5-16(15)18(26)24(22-13)11-17(25)21-19-20-14(12-28-19)10-23-6-8-27-9-7-23/h2-5,12H,6-11H2,1H3,(H,20,21,25). The second-order valence-electron chi connectivity index (χ2n) is 6.67. The summed E-state index contributed by atoms with van der Waals surface area (Å²) in [5, 5.41) is 10.9. The number of thiazole rings is 1. The number of hydrogen-bond donors (Lipinski definition) is 1. The molecule has 146 valence electrons. The molecule has 0 bridgehead atoms. The molecule has 1 amide bonds. The number of anilines is 1. The molecule has 2 aromatic heterocycles. The zero-order chi connectivity index (χ0) is 19.5. The van der Waals surface area contributed by atoms with Crippen molar-refractivity contribution >= 4 is 33.1 Å². The van der Waals surface area contributed by atoms with E-state index < -0.39 is 0 Å². The zero-order valence-electron chi connectivity index (χ0n) is 15.6. The van der Waals surface area contributed by atoms with Crippen molar-refractivity contribution in [2.45, 2.75) is 20.0 Å². The van der Waals surface area contributed by atoms with Gasteiger partial charge in [0, 0.05) is 30.4 Å². The van der Waals surface area contributed by atoms with Crippen LogP contribution >= 0.6 is 11.3 Å². The third-order valence-corrected chi connectivity index (χ3v) is 5.44. The van der Waals surface area contributed by atoms with Crippen LogP contribution in [0.1, 0.15) is 11.4 Å². The monoisotopic (exact) mass is 399 g/mol. The van der Waals surface area contributed by atoms with Gasteiger partial charge in [-0.25, -0.2) is 9.67 Å². The summed E-state index contributed by atoms with van der Waals surface area (Å²) in [5.74, 6) is -0.323. The second-order valence-corrected chi connectivity index (χ2v) is 7.53. The number of aryl methyl sites for hydroxylation is 1. The van der Waals surface area contributed by atoms with E-state index in [2.05, 4.69) is 20.3 Å². The van der Waals surface area contributed by atoms with Gasteiger partial charge in [0.15, 0.2) is 5.13 Å². The first-order valence-corrected chi connectivity index (χ1v) is 9.99. The molecule has 0 radical (unpaired) electrons. The van der Waals surface area contributed by atoms with Gasteiger partial charge in [-0.2, -0.15) is 5.10 Å². The van der Waals surface area contributed by atoms with Gasteiger partial charge >= 0.3 is 0 Å². The Morgan fingerprint density at radius 3 is 2.79 bits per heavy atom. The van der Waals surface area contributed by atoms with Crippen LogP contribution in [-0.2, 0) is 22.6 Å². The van der Waals surface area contributed by atoms with Crippen LogP contribution in [0.5, 0.6) is 0 Å². The van der Waals surface area contributed by atoms with Crippen molar-refractivity contribution in [3.63, 3.8) is 0 Å². The van der Waals surface area contributed by atoms with Gasteiger partial charge in [0.1, 0.15) is 6.54 Å². The Hall–Kier alpha value is -2.62. The van der Waals surface area contributed by atoms with E-state index in [0.29, 0.717) is 16.2 Å². The summed E-state index contributed by atoms with van der Waals surface area (Å²) < 4.78 is 6.55. The fourth-order valence-electron chi connectivity index (χ4n) is 3.23. The molecule has 0 unspecified atom stereocenters. The molecule has 1 fully saturated rings. The van der Waals surface area contributed by atoms with Gasteiger partial charge in [0.05, 0.1) is 30.0 Å². The van der Waals surface area contributed by atoms with E-state index in [4.69, 9.17) is 4.74 Å². The van der Waals surface area contributed by atoms with Crippen molar-refractivity contribution in [3.05, 3.63) is 51.4 Å². The number of amides is 1. The molecule has 28 heavy (non-hydrogen) atoms. The van der Waals surface area contributed by atoms with Crippen LogP contribution in [0.2, 0.25) is 0 Å². The van der Waals surface area contributed by atoms with Crippen LogP contribution < -0.4 is 10.9 Å². The number of benzene rings is 1. The highest BCUT2D eigenvalue weighted by Gasteiger charge is 2.15. The minimum atomic E-state index is -0.323. The lowest BCUT2D eigenvalue weighted by molar-refractivity contribution is -0.117. The van der Waals surface area contributed by atoms with E-state index in [9.17, 15) is 9.59 Å². The largest absolute Gasteiger partial charge is 0.379 e. The third-order valence-electron chi connectivity index (χ3n) is 4.63. The van der Waals surface area contributed by atoms with E-state index >= 15 is 0 Å². The quantitative estimate of drug-likeness (QED) is 0.702. The average molecular weight is 399 g/mol. The fraction of sp³-hybridized carbons (Fsp3) is 0.368. The van der Waals surface area contributed by atoms with Crippen LogP contribution in [0.4, 0.5) is 5.13 Å². The van der Waals surface area contributed by atoms with Gasteiger partial charge < -0.3 is 10.1 Å². The SMILES string of the molecule is Cc1nn(CC(=O)Nc2nc(CN3CCOCC3)cs2)c(=O)c2ccccc12. The average Bonchev–Trinajstić information content (AvgIpc) is 3.13. The Kier molecular flexibility index (Phi) is 5.47. The van der Waals surface area contributed by atoms with Gasteiger partial charge in [-0.05, 0) is 13.0 Å². The highest BCUT2D eigenvalue weighted by molar-refractivity contribution is 7.13. The smallest absolute Gasteiger partial charge is 0.275 e. The predicted octanol–water partition coefficient (Wildman–Crippen LogP) is 1.63. The molecule has 0 saturated carbocycles. The molecule has 9 heteroatoms. The molecule has 3 aromatic rings. The number of rotatable bonds is 5. The number of carbonyl (C=O) groups excluding carboxylic acids is 1. The number of carbonyl (C=O) groups is 1. The maximum absolute atomic E-state index is 12.6. The molecule has 1 aromatic carbocycles. The Morgan fingerprint density at radius 2 is 2.00 bits per heavy atom. The lowest BCUT2D eigenvalue weighted by atomic mass is 10.1. The maximum Gasteiger partial charge on any atom is 0.275 e. The number of morpholine rings is 1. The van der Waals surface area contributed by atoms with E-state index in [-0.39, 0.29) is 18.0 Å². The predicted molar refractivity (Wildman–Crippen MR) is 108 cm³/mol. The van der Waals surface area contributed by atoms with E-state index in [1.807, 2.05) is 24.4 Å². The number of ether oxygens (including phenoxy) is 1. The van der Waals surface area contributed by atoms with Crippen molar-refractivity contribution in [1.82, 2.24) is 19.7 Å². The molecule has 4 rings (SSSR count). The minimum absolute atomic E-state index is 0.150. The van der Waals surface area contributed by atoms with Crippen molar-refractivity contribution in [2.75, 3.05) is 31.6 Å². The molecule has 1 N–H and O–H groups in total. The normalized spacial score (nSPS) is 15.0. The summed E-state index contributed by atoms with van der Waals surface area (Å²) in [4.78, 5) is 31.7. The van der Waals surface area contributed by atoms with Crippen LogP contribution in [0.3, 0.4) is 0 Å². The van der Waals surface area contributed by atoms with Crippen LogP contribution in [-0.4, -0.2) is 51.9 Å². The number of nitrogens with one attached hydrogen (secondary N) is 1. The molecular formula is C19H21N5O3S. The van der Waals surface area contributed by atoms with Crippen molar-refractivity contribution < 1.29 is 9.53 Å². The zero-order valence-corrected chi connectivity index (χ0v) is 16.4. The summed E-state index contributed by atoms with van der Waals surface area (Å²) in [5.41, 5.74) is 1.35. The van der Waals surface area contributed by atoms with Gasteiger partial charge in [0.25, 0.3) is 5.56 Å². The first-order chi connectivity index (χ1) is 13.6. The highest BCUT2D eigenvalue weighted by Crippen LogP contribution is 2.17. The van der Waals surface area contributed by atoms with E-state index in [1.165, 1.54) is 16.0 Å². The summed E-state index contributed by atoms with van der Waals surface area (Å²) in [6.07, 6.45) is 0. The van der Waals surface area contributed by atoms with Gasteiger partial charge in [0.2, 0.25) is 5.91 Å². The molecule has 8 nitrogen and oxygen atoms in total. The van der Waals surface area contributed by atoms with Crippen molar-refractivity contribution in [3.8, 4) is 0 Å². The molecule has 0 atom stereocenters.